The molecule has 2 atom stereocenters. The van der Waals surface area contributed by atoms with Gasteiger partial charge in [-0.25, -0.2) is 4.79 Å². The number of aromatic nitrogens is 1. The monoisotopic (exact) mass is 408 g/mol. The standard InChI is InChI=1S/C21H23F3N2O3/c1-14(26-11-10-18(3-2-12-27)29-20(26)28)15-4-6-16(7-5-15)19-9-8-17(13-25-19)21(22,23)24/h4-9,13-14,18,27H,2-3,10-12H2,1H3. The van der Waals surface area contributed by atoms with Crippen LogP contribution < -0.4 is 0 Å². The maximum absolute atomic E-state index is 12.7. The maximum atomic E-state index is 12.7. The van der Waals surface area contributed by atoms with Crippen LogP contribution in [0.25, 0.3) is 11.3 Å². The van der Waals surface area contributed by atoms with Gasteiger partial charge in [-0.15, -0.1) is 0 Å². The van der Waals surface area contributed by atoms with Crippen LogP contribution in [0.4, 0.5) is 18.0 Å². The van der Waals surface area contributed by atoms with Crippen molar-refractivity contribution in [1.82, 2.24) is 9.88 Å². The number of hydrogen-bond donors (Lipinski definition) is 1. The van der Waals surface area contributed by atoms with E-state index in [1.54, 1.807) is 17.0 Å². The molecule has 2 unspecified atom stereocenters. The number of nitrogens with zero attached hydrogens (tertiary/aromatic N) is 2. The highest BCUT2D eigenvalue weighted by atomic mass is 19.4. The van der Waals surface area contributed by atoms with Crippen molar-refractivity contribution in [2.45, 2.75) is 44.5 Å². The lowest BCUT2D eigenvalue weighted by atomic mass is 10.0. The SMILES string of the molecule is CC(c1ccc(-c2ccc(C(F)(F)F)cn2)cc1)N1CCC(CCCO)OC1=O. The van der Waals surface area contributed by atoms with Crippen molar-refractivity contribution >= 4 is 6.09 Å². The third-order valence-electron chi connectivity index (χ3n) is 5.13. The molecule has 2 aromatic rings. The van der Waals surface area contributed by atoms with E-state index in [2.05, 4.69) is 4.98 Å². The number of pyridine rings is 1. The molecule has 1 aliphatic rings. The van der Waals surface area contributed by atoms with E-state index in [0.29, 0.717) is 37.1 Å². The molecule has 29 heavy (non-hydrogen) atoms. The van der Waals surface area contributed by atoms with Gasteiger partial charge in [0.15, 0.2) is 0 Å². The van der Waals surface area contributed by atoms with E-state index in [-0.39, 0.29) is 24.8 Å². The molecule has 0 bridgehead atoms. The molecule has 2 heterocycles. The van der Waals surface area contributed by atoms with Gasteiger partial charge in [0.2, 0.25) is 0 Å². The summed E-state index contributed by atoms with van der Waals surface area (Å²) >= 11 is 0. The Hall–Kier alpha value is -2.61. The lowest BCUT2D eigenvalue weighted by Crippen LogP contribution is -2.43. The molecule has 0 aliphatic carbocycles. The summed E-state index contributed by atoms with van der Waals surface area (Å²) in [6.07, 6.45) is -2.16. The molecule has 1 aromatic carbocycles. The Morgan fingerprint density at radius 2 is 1.97 bits per heavy atom. The maximum Gasteiger partial charge on any atom is 0.417 e. The largest absolute Gasteiger partial charge is 0.446 e. The highest BCUT2D eigenvalue weighted by Gasteiger charge is 2.31. The minimum Gasteiger partial charge on any atom is -0.446 e. The minimum absolute atomic E-state index is 0.0777. The smallest absolute Gasteiger partial charge is 0.417 e. The summed E-state index contributed by atoms with van der Waals surface area (Å²) in [6.45, 7) is 2.55. The number of alkyl halides is 3. The van der Waals surface area contributed by atoms with Gasteiger partial charge in [0.05, 0.1) is 17.3 Å². The quantitative estimate of drug-likeness (QED) is 0.745. The zero-order valence-corrected chi connectivity index (χ0v) is 16.0. The third-order valence-corrected chi connectivity index (χ3v) is 5.13. The number of aliphatic hydroxyl groups excluding tert-OH is 1. The van der Waals surface area contributed by atoms with E-state index in [0.717, 1.165) is 17.8 Å². The molecule has 5 nitrogen and oxygen atoms in total. The molecule has 1 aliphatic heterocycles. The fourth-order valence-corrected chi connectivity index (χ4v) is 3.36. The molecule has 3 rings (SSSR count). The summed E-state index contributed by atoms with van der Waals surface area (Å²) in [5, 5.41) is 8.90. The molecule has 0 radical (unpaired) electrons. The van der Waals surface area contributed by atoms with Crippen molar-refractivity contribution < 1.29 is 27.8 Å². The van der Waals surface area contributed by atoms with E-state index < -0.39 is 11.7 Å². The van der Waals surface area contributed by atoms with Crippen molar-refractivity contribution in [3.05, 3.63) is 53.7 Å². The average molecular weight is 408 g/mol. The van der Waals surface area contributed by atoms with Crippen LogP contribution >= 0.6 is 0 Å². The first-order valence-electron chi connectivity index (χ1n) is 9.51. The van der Waals surface area contributed by atoms with Crippen molar-refractivity contribution in [2.24, 2.45) is 0 Å². The van der Waals surface area contributed by atoms with E-state index in [4.69, 9.17) is 9.84 Å². The highest BCUT2D eigenvalue weighted by Crippen LogP contribution is 2.31. The summed E-state index contributed by atoms with van der Waals surface area (Å²) in [5.41, 5.74) is 1.25. The molecule has 1 amide bonds. The second kappa shape index (κ2) is 8.82. The van der Waals surface area contributed by atoms with E-state index >= 15 is 0 Å². The van der Waals surface area contributed by atoms with Gasteiger partial charge in [-0.1, -0.05) is 24.3 Å². The number of ether oxygens (including phenoxy) is 1. The van der Waals surface area contributed by atoms with E-state index in [9.17, 15) is 18.0 Å². The molecule has 1 saturated heterocycles. The summed E-state index contributed by atoms with van der Waals surface area (Å²) in [5.74, 6) is 0. The van der Waals surface area contributed by atoms with Crippen molar-refractivity contribution in [2.75, 3.05) is 13.2 Å². The molecule has 1 N–H and O–H groups in total. The predicted molar refractivity (Wildman–Crippen MR) is 101 cm³/mol. The van der Waals surface area contributed by atoms with Gasteiger partial charge in [0, 0.05) is 31.3 Å². The number of hydrogen-bond acceptors (Lipinski definition) is 4. The lowest BCUT2D eigenvalue weighted by molar-refractivity contribution is -0.137. The van der Waals surface area contributed by atoms with Crippen molar-refractivity contribution in [3.8, 4) is 11.3 Å². The van der Waals surface area contributed by atoms with Gasteiger partial charge in [-0.05, 0) is 37.5 Å². The van der Waals surface area contributed by atoms with Crippen LogP contribution in [0.1, 0.15) is 43.4 Å². The number of halogens is 3. The zero-order chi connectivity index (χ0) is 21.0. The Balaban J connectivity index is 1.66. The molecule has 156 valence electrons. The van der Waals surface area contributed by atoms with Crippen molar-refractivity contribution in [1.29, 1.82) is 0 Å². The average Bonchev–Trinajstić information content (AvgIpc) is 2.71. The van der Waals surface area contributed by atoms with Gasteiger partial charge in [0.1, 0.15) is 6.10 Å². The topological polar surface area (TPSA) is 62.7 Å². The van der Waals surface area contributed by atoms with E-state index in [1.165, 1.54) is 6.07 Å². The van der Waals surface area contributed by atoms with E-state index in [1.807, 2.05) is 19.1 Å². The number of carbonyl (C=O) groups is 1. The number of rotatable bonds is 6. The Bertz CT molecular complexity index is 823. The van der Waals surface area contributed by atoms with Crippen LogP contribution in [-0.2, 0) is 10.9 Å². The first kappa shape index (κ1) is 21.1. The summed E-state index contributed by atoms with van der Waals surface area (Å²) in [6, 6.07) is 9.39. The first-order chi connectivity index (χ1) is 13.8. The minimum atomic E-state index is -4.41. The Morgan fingerprint density at radius 3 is 2.52 bits per heavy atom. The van der Waals surface area contributed by atoms with Crippen LogP contribution in [-0.4, -0.2) is 40.3 Å². The van der Waals surface area contributed by atoms with Gasteiger partial charge in [-0.3, -0.25) is 4.98 Å². The lowest BCUT2D eigenvalue weighted by Gasteiger charge is -2.35. The number of aliphatic hydroxyl groups is 1. The summed E-state index contributed by atoms with van der Waals surface area (Å²) in [4.78, 5) is 17.9. The van der Waals surface area contributed by atoms with Gasteiger partial charge < -0.3 is 14.7 Å². The van der Waals surface area contributed by atoms with Crippen LogP contribution in [0.5, 0.6) is 0 Å². The van der Waals surface area contributed by atoms with Crippen LogP contribution in [0.3, 0.4) is 0 Å². The number of benzene rings is 1. The number of cyclic esters (lactones) is 1. The van der Waals surface area contributed by atoms with Gasteiger partial charge >= 0.3 is 12.3 Å². The first-order valence-corrected chi connectivity index (χ1v) is 9.51. The van der Waals surface area contributed by atoms with Gasteiger partial charge in [-0.2, -0.15) is 13.2 Å². The summed E-state index contributed by atoms with van der Waals surface area (Å²) < 4.78 is 43.4. The third kappa shape index (κ3) is 5.06. The molecular formula is C21H23F3N2O3. The Morgan fingerprint density at radius 1 is 1.24 bits per heavy atom. The Labute approximate surface area is 167 Å². The van der Waals surface area contributed by atoms with Gasteiger partial charge in [0.25, 0.3) is 0 Å². The normalized spacial score (nSPS) is 18.4. The fraction of sp³-hybridized carbons (Fsp3) is 0.429. The van der Waals surface area contributed by atoms with Crippen LogP contribution in [0.2, 0.25) is 0 Å². The molecule has 1 aromatic heterocycles. The van der Waals surface area contributed by atoms with Crippen molar-refractivity contribution in [3.63, 3.8) is 0 Å². The zero-order valence-electron chi connectivity index (χ0n) is 16.0. The van der Waals surface area contributed by atoms with Crippen LogP contribution in [0.15, 0.2) is 42.6 Å². The fourth-order valence-electron chi connectivity index (χ4n) is 3.36. The second-order valence-corrected chi connectivity index (χ2v) is 7.08. The number of amides is 1. The van der Waals surface area contributed by atoms with Crippen LogP contribution in [0, 0.1) is 0 Å². The predicted octanol–water partition coefficient (Wildman–Crippen LogP) is 4.81. The Kier molecular flexibility index (Phi) is 6.42. The molecule has 0 spiro atoms. The molecule has 1 fully saturated rings. The molecular weight excluding hydrogens is 385 g/mol. The highest BCUT2D eigenvalue weighted by molar-refractivity contribution is 5.69. The summed E-state index contributed by atoms with van der Waals surface area (Å²) in [7, 11) is 0. The second-order valence-electron chi connectivity index (χ2n) is 7.08. The molecule has 0 saturated carbocycles. The molecule has 8 heteroatoms. The number of carbonyl (C=O) groups excluding carboxylic acids is 1.